The van der Waals surface area contributed by atoms with Gasteiger partial charge >= 0.3 is 0 Å². The molecule has 1 radical (unpaired) electrons. The van der Waals surface area contributed by atoms with Crippen LogP contribution in [0.2, 0.25) is 5.02 Å². The van der Waals surface area contributed by atoms with Crippen molar-refractivity contribution in [1.29, 1.82) is 0 Å². The Morgan fingerprint density at radius 2 is 2.06 bits per heavy atom. The molecule has 5 heteroatoms. The van der Waals surface area contributed by atoms with Crippen molar-refractivity contribution in [1.82, 2.24) is 10.7 Å². The van der Waals surface area contributed by atoms with Crippen molar-refractivity contribution in [3.05, 3.63) is 47.2 Å². The molecule has 0 aliphatic heterocycles. The summed E-state index contributed by atoms with van der Waals surface area (Å²) in [5, 5.41) is 10.1. The Labute approximate surface area is 103 Å². The lowest BCUT2D eigenvalue weighted by Gasteiger charge is -2.04. The third kappa shape index (κ3) is 2.37. The molecule has 4 nitrogen and oxygen atoms in total. The molecular weight excluding hydrogens is 240 g/mol. The average Bonchev–Trinajstić information content (AvgIpc) is 2.28. The average molecular weight is 248 g/mol. The summed E-state index contributed by atoms with van der Waals surface area (Å²) in [6.07, 6.45) is 1.42. The molecule has 0 spiro atoms. The van der Waals surface area contributed by atoms with Gasteiger partial charge < -0.3 is 5.11 Å². The fraction of sp³-hybridized carbons (Fsp3) is 0. The van der Waals surface area contributed by atoms with Crippen LogP contribution in [0, 0.1) is 0 Å². The molecule has 85 valence electrons. The molecule has 1 aromatic carbocycles. The summed E-state index contributed by atoms with van der Waals surface area (Å²) in [6.45, 7) is 0. The van der Waals surface area contributed by atoms with Gasteiger partial charge in [-0.3, -0.25) is 10.5 Å². The predicted octanol–water partition coefficient (Wildman–Crippen LogP) is 2.53. The molecule has 0 bridgehead atoms. The van der Waals surface area contributed by atoms with Crippen LogP contribution in [-0.2, 0) is 0 Å². The first-order chi connectivity index (χ1) is 8.08. The Kier molecular flexibility index (Phi) is 2.97. The quantitative estimate of drug-likeness (QED) is 0.886. The number of hydrogen-bond acceptors (Lipinski definition) is 3. The highest BCUT2D eigenvalue weighted by Crippen LogP contribution is 2.26. The van der Waals surface area contributed by atoms with E-state index in [0.29, 0.717) is 10.6 Å². The number of carbonyl (C=O) groups excluding carboxylic acids is 1. The molecule has 0 saturated heterocycles. The number of hydrogen-bond donors (Lipinski definition) is 1. The molecule has 17 heavy (non-hydrogen) atoms. The van der Waals surface area contributed by atoms with Crippen LogP contribution in [0.3, 0.4) is 0 Å². The lowest BCUT2D eigenvalue weighted by Crippen LogP contribution is -2.02. The second-order valence-electron chi connectivity index (χ2n) is 3.43. The summed E-state index contributed by atoms with van der Waals surface area (Å²) in [7, 11) is 0. The molecular formula is C12H8ClN2O2. The summed E-state index contributed by atoms with van der Waals surface area (Å²) >= 11 is 5.85. The lowest BCUT2D eigenvalue weighted by atomic mass is 10.1. The van der Waals surface area contributed by atoms with Crippen molar-refractivity contribution in [2.75, 3.05) is 0 Å². The number of halogens is 1. The first kappa shape index (κ1) is 11.4. The number of nitrogens with one attached hydrogen (secondary N) is 1. The van der Waals surface area contributed by atoms with Crippen LogP contribution in [0.5, 0.6) is 5.75 Å². The van der Waals surface area contributed by atoms with Crippen molar-refractivity contribution < 1.29 is 9.90 Å². The molecule has 0 aliphatic carbocycles. The SMILES string of the molecule is [NH]C(=O)c1ncc(-c2cccc(Cl)c2)cc1O. The van der Waals surface area contributed by atoms with Crippen LogP contribution >= 0.6 is 11.6 Å². The highest BCUT2D eigenvalue weighted by Gasteiger charge is 2.11. The monoisotopic (exact) mass is 247 g/mol. The molecule has 2 rings (SSSR count). The molecule has 0 saturated carbocycles. The van der Waals surface area contributed by atoms with Crippen molar-refractivity contribution in [2.45, 2.75) is 0 Å². The third-order valence-corrected chi connectivity index (χ3v) is 2.48. The largest absolute Gasteiger partial charge is 0.505 e. The van der Waals surface area contributed by atoms with Crippen LogP contribution in [0.25, 0.3) is 11.1 Å². The molecule has 2 N–H and O–H groups in total. The number of rotatable bonds is 2. The van der Waals surface area contributed by atoms with E-state index in [1.165, 1.54) is 12.3 Å². The highest BCUT2D eigenvalue weighted by atomic mass is 35.5. The van der Waals surface area contributed by atoms with E-state index >= 15 is 0 Å². The minimum absolute atomic E-state index is 0.254. The number of amides is 1. The normalized spacial score (nSPS) is 10.2. The standard InChI is InChI=1S/C12H8ClN2O2/c13-9-3-1-2-7(4-9)8-5-10(16)11(12(14)17)15-6-8/h1-6,14,16H. The number of aromatic nitrogens is 1. The molecule has 0 atom stereocenters. The van der Waals surface area contributed by atoms with Crippen molar-refractivity contribution in [3.8, 4) is 16.9 Å². The van der Waals surface area contributed by atoms with Crippen LogP contribution in [0.15, 0.2) is 36.5 Å². The van der Waals surface area contributed by atoms with Crippen molar-refractivity contribution in [2.24, 2.45) is 0 Å². The fourth-order valence-electron chi connectivity index (χ4n) is 1.45. The molecule has 0 aliphatic rings. The first-order valence-corrected chi connectivity index (χ1v) is 5.16. The number of aromatic hydroxyl groups is 1. The summed E-state index contributed by atoms with van der Waals surface area (Å²) < 4.78 is 0. The number of pyridine rings is 1. The Hall–Kier alpha value is -2.07. The van der Waals surface area contributed by atoms with E-state index in [0.717, 1.165) is 5.56 Å². The van der Waals surface area contributed by atoms with E-state index in [4.69, 9.17) is 17.3 Å². The van der Waals surface area contributed by atoms with Gasteiger partial charge in [-0.25, -0.2) is 4.98 Å². The van der Waals surface area contributed by atoms with Gasteiger partial charge in [-0.2, -0.15) is 0 Å². The number of carbonyl (C=O) groups is 1. The Morgan fingerprint density at radius 1 is 1.29 bits per heavy atom. The topological polar surface area (TPSA) is 74.0 Å². The van der Waals surface area contributed by atoms with Crippen LogP contribution < -0.4 is 5.73 Å². The maximum absolute atomic E-state index is 10.8. The molecule has 0 unspecified atom stereocenters. The summed E-state index contributed by atoms with van der Waals surface area (Å²) in [6, 6.07) is 8.43. The molecule has 1 aromatic heterocycles. The predicted molar refractivity (Wildman–Crippen MR) is 63.8 cm³/mol. The van der Waals surface area contributed by atoms with Crippen molar-refractivity contribution >= 4 is 17.5 Å². The lowest BCUT2D eigenvalue weighted by molar-refractivity contribution is 0.0984. The second kappa shape index (κ2) is 4.43. The van der Waals surface area contributed by atoms with Gasteiger partial charge in [0.1, 0.15) is 5.75 Å². The van der Waals surface area contributed by atoms with Crippen LogP contribution in [0.1, 0.15) is 10.5 Å². The molecule has 1 heterocycles. The van der Waals surface area contributed by atoms with Gasteiger partial charge in [-0.05, 0) is 23.8 Å². The minimum Gasteiger partial charge on any atom is -0.505 e. The van der Waals surface area contributed by atoms with E-state index in [-0.39, 0.29) is 11.4 Å². The van der Waals surface area contributed by atoms with Gasteiger partial charge in [-0.1, -0.05) is 23.7 Å². The first-order valence-electron chi connectivity index (χ1n) is 4.79. The van der Waals surface area contributed by atoms with Gasteiger partial charge in [0, 0.05) is 16.8 Å². The Morgan fingerprint density at radius 3 is 2.65 bits per heavy atom. The molecule has 2 aromatic rings. The zero-order chi connectivity index (χ0) is 12.4. The maximum atomic E-state index is 10.8. The van der Waals surface area contributed by atoms with E-state index in [2.05, 4.69) is 4.98 Å². The summed E-state index contributed by atoms with van der Waals surface area (Å²) in [5.41, 5.74) is 8.05. The minimum atomic E-state index is -1.01. The second-order valence-corrected chi connectivity index (χ2v) is 3.87. The molecule has 0 fully saturated rings. The maximum Gasteiger partial charge on any atom is 0.292 e. The number of benzene rings is 1. The Balaban J connectivity index is 2.48. The van der Waals surface area contributed by atoms with E-state index in [1.807, 2.05) is 6.07 Å². The summed E-state index contributed by atoms with van der Waals surface area (Å²) in [4.78, 5) is 14.5. The van der Waals surface area contributed by atoms with Gasteiger partial charge in [0.15, 0.2) is 5.69 Å². The number of nitrogens with zero attached hydrogens (tertiary/aromatic N) is 1. The highest BCUT2D eigenvalue weighted by molar-refractivity contribution is 6.30. The van der Waals surface area contributed by atoms with Crippen LogP contribution in [-0.4, -0.2) is 16.0 Å². The zero-order valence-corrected chi connectivity index (χ0v) is 9.40. The van der Waals surface area contributed by atoms with Gasteiger partial charge in [0.2, 0.25) is 0 Å². The smallest absolute Gasteiger partial charge is 0.292 e. The van der Waals surface area contributed by atoms with Gasteiger partial charge in [-0.15, -0.1) is 0 Å². The Bertz CT molecular complexity index is 584. The molecule has 1 amide bonds. The van der Waals surface area contributed by atoms with Crippen LogP contribution in [0.4, 0.5) is 0 Å². The summed E-state index contributed by atoms with van der Waals surface area (Å²) in [5.74, 6) is -1.32. The van der Waals surface area contributed by atoms with E-state index in [9.17, 15) is 9.90 Å². The zero-order valence-electron chi connectivity index (χ0n) is 8.64. The van der Waals surface area contributed by atoms with E-state index < -0.39 is 5.91 Å². The fourth-order valence-corrected chi connectivity index (χ4v) is 1.64. The van der Waals surface area contributed by atoms with Crippen molar-refractivity contribution in [3.63, 3.8) is 0 Å². The van der Waals surface area contributed by atoms with E-state index in [1.54, 1.807) is 18.2 Å². The van der Waals surface area contributed by atoms with Gasteiger partial charge in [0.25, 0.3) is 5.91 Å². The third-order valence-electron chi connectivity index (χ3n) is 2.24. The van der Waals surface area contributed by atoms with Gasteiger partial charge in [0.05, 0.1) is 0 Å².